The van der Waals surface area contributed by atoms with Crippen molar-refractivity contribution in [2.75, 3.05) is 43.1 Å². The fourth-order valence-corrected chi connectivity index (χ4v) is 2.01. The Bertz CT molecular complexity index is 615. The summed E-state index contributed by atoms with van der Waals surface area (Å²) in [4.78, 5) is 13.2. The van der Waals surface area contributed by atoms with E-state index >= 15 is 0 Å². The Kier molecular flexibility index (Phi) is 6.38. The quantitative estimate of drug-likeness (QED) is 0.530. The van der Waals surface area contributed by atoms with Gasteiger partial charge in [-0.25, -0.2) is 0 Å². The zero-order valence-corrected chi connectivity index (χ0v) is 13.5. The SMILES string of the molecule is CNc1cc(N(C)CCC(F)(F)F)c(C(=O)NCC(F)(F)F)cc1N. The molecule has 0 saturated heterocycles. The number of benzene rings is 1. The van der Waals surface area contributed by atoms with E-state index in [0.29, 0.717) is 5.69 Å². The lowest BCUT2D eigenvalue weighted by atomic mass is 10.1. The molecule has 1 amide bonds. The van der Waals surface area contributed by atoms with E-state index in [1.54, 1.807) is 5.32 Å². The number of hydrogen-bond donors (Lipinski definition) is 3. The van der Waals surface area contributed by atoms with E-state index in [1.165, 1.54) is 20.2 Å². The molecule has 1 aromatic rings. The highest BCUT2D eigenvalue weighted by atomic mass is 19.4. The van der Waals surface area contributed by atoms with Crippen LogP contribution < -0.4 is 21.3 Å². The van der Waals surface area contributed by atoms with Crippen molar-refractivity contribution in [3.8, 4) is 0 Å². The largest absolute Gasteiger partial charge is 0.405 e. The van der Waals surface area contributed by atoms with Crippen molar-refractivity contribution >= 4 is 23.0 Å². The van der Waals surface area contributed by atoms with Crippen LogP contribution in [0.5, 0.6) is 0 Å². The molecule has 4 N–H and O–H groups in total. The first-order chi connectivity index (χ1) is 11.3. The number of carbonyl (C=O) groups excluding carboxylic acids is 1. The number of alkyl halides is 6. The van der Waals surface area contributed by atoms with Gasteiger partial charge in [-0.1, -0.05) is 0 Å². The molecule has 25 heavy (non-hydrogen) atoms. The summed E-state index contributed by atoms with van der Waals surface area (Å²) in [6.45, 7) is -2.04. The maximum absolute atomic E-state index is 12.4. The van der Waals surface area contributed by atoms with Crippen LogP contribution in [-0.2, 0) is 0 Å². The summed E-state index contributed by atoms with van der Waals surface area (Å²) in [6.07, 6.45) is -10.2. The van der Waals surface area contributed by atoms with E-state index in [0.717, 1.165) is 11.0 Å². The number of carbonyl (C=O) groups is 1. The second-order valence-corrected chi connectivity index (χ2v) is 5.29. The molecule has 1 rings (SSSR count). The van der Waals surface area contributed by atoms with Gasteiger partial charge in [0.05, 0.1) is 29.0 Å². The molecule has 0 heterocycles. The number of hydrogen-bond acceptors (Lipinski definition) is 4. The Morgan fingerprint density at radius 1 is 1.16 bits per heavy atom. The van der Waals surface area contributed by atoms with Gasteiger partial charge in [-0.3, -0.25) is 4.79 Å². The maximum atomic E-state index is 12.4. The van der Waals surface area contributed by atoms with Gasteiger partial charge in [0.25, 0.3) is 5.91 Å². The maximum Gasteiger partial charge on any atom is 0.405 e. The molecule has 5 nitrogen and oxygen atoms in total. The van der Waals surface area contributed by atoms with Crippen molar-refractivity contribution in [2.24, 2.45) is 0 Å². The Morgan fingerprint density at radius 3 is 2.24 bits per heavy atom. The molecule has 0 bridgehead atoms. The first kappa shape index (κ1) is 20.7. The average Bonchev–Trinajstić information content (AvgIpc) is 2.48. The Morgan fingerprint density at radius 2 is 1.76 bits per heavy atom. The van der Waals surface area contributed by atoms with Crippen molar-refractivity contribution in [1.29, 1.82) is 0 Å². The fourth-order valence-electron chi connectivity index (χ4n) is 2.01. The molecule has 1 aromatic carbocycles. The lowest BCUT2D eigenvalue weighted by Gasteiger charge is -2.24. The molecule has 0 spiro atoms. The molecular formula is C14H18F6N4O. The number of nitrogens with zero attached hydrogens (tertiary/aromatic N) is 1. The fraction of sp³-hybridized carbons (Fsp3) is 0.500. The standard InChI is InChI=1S/C14H18F6N4O/c1-22-10-6-11(24(2)4-3-13(15,16)17)8(5-9(10)21)12(25)23-7-14(18,19)20/h5-6,22H,3-4,7,21H2,1-2H3,(H,23,25). The van der Waals surface area contributed by atoms with Crippen molar-refractivity contribution in [2.45, 2.75) is 18.8 Å². The number of nitrogens with one attached hydrogen (secondary N) is 2. The zero-order chi connectivity index (χ0) is 19.4. The number of nitrogen functional groups attached to an aromatic ring is 1. The van der Waals surface area contributed by atoms with Gasteiger partial charge in [-0.2, -0.15) is 26.3 Å². The van der Waals surface area contributed by atoms with Crippen LogP contribution in [0.4, 0.5) is 43.4 Å². The van der Waals surface area contributed by atoms with Gasteiger partial charge < -0.3 is 21.3 Å². The van der Waals surface area contributed by atoms with E-state index in [-0.39, 0.29) is 16.9 Å². The van der Waals surface area contributed by atoms with Crippen LogP contribution in [0.25, 0.3) is 0 Å². The minimum Gasteiger partial charge on any atom is -0.397 e. The number of rotatable bonds is 6. The number of amides is 1. The van der Waals surface area contributed by atoms with E-state index in [1.807, 2.05) is 0 Å². The van der Waals surface area contributed by atoms with Gasteiger partial charge in [0.1, 0.15) is 6.54 Å². The van der Waals surface area contributed by atoms with E-state index in [4.69, 9.17) is 5.73 Å². The van der Waals surface area contributed by atoms with Gasteiger partial charge in [-0.05, 0) is 12.1 Å². The van der Waals surface area contributed by atoms with Gasteiger partial charge in [0.15, 0.2) is 0 Å². The molecule has 0 saturated carbocycles. The highest BCUT2D eigenvalue weighted by Gasteiger charge is 2.30. The minimum atomic E-state index is -4.62. The molecule has 0 aliphatic heterocycles. The van der Waals surface area contributed by atoms with Crippen LogP contribution in [0.3, 0.4) is 0 Å². The third-order valence-electron chi connectivity index (χ3n) is 3.27. The third-order valence-corrected chi connectivity index (χ3v) is 3.27. The minimum absolute atomic E-state index is 0.0301. The lowest BCUT2D eigenvalue weighted by Crippen LogP contribution is -2.35. The topological polar surface area (TPSA) is 70.4 Å². The predicted molar refractivity (Wildman–Crippen MR) is 82.7 cm³/mol. The van der Waals surface area contributed by atoms with Crippen LogP contribution in [0.15, 0.2) is 12.1 Å². The predicted octanol–water partition coefficient (Wildman–Crippen LogP) is 2.99. The lowest BCUT2D eigenvalue weighted by molar-refractivity contribution is -0.132. The van der Waals surface area contributed by atoms with E-state index in [9.17, 15) is 31.1 Å². The smallest absolute Gasteiger partial charge is 0.397 e. The van der Waals surface area contributed by atoms with Crippen LogP contribution in [-0.4, -0.2) is 45.4 Å². The van der Waals surface area contributed by atoms with Crippen LogP contribution in [0.1, 0.15) is 16.8 Å². The summed E-state index contributed by atoms with van der Waals surface area (Å²) in [6, 6.07) is 2.44. The molecule has 0 aliphatic rings. The zero-order valence-electron chi connectivity index (χ0n) is 13.5. The summed E-state index contributed by atoms with van der Waals surface area (Å²) in [5.41, 5.74) is 5.90. The Hall–Kier alpha value is -2.33. The monoisotopic (exact) mass is 372 g/mol. The molecule has 0 radical (unpaired) electrons. The second kappa shape index (κ2) is 7.70. The summed E-state index contributed by atoms with van der Waals surface area (Å²) < 4.78 is 73.9. The van der Waals surface area contributed by atoms with Gasteiger partial charge >= 0.3 is 12.4 Å². The Balaban J connectivity index is 3.13. The normalized spacial score (nSPS) is 12.0. The average molecular weight is 372 g/mol. The van der Waals surface area contributed by atoms with Gasteiger partial charge in [0.2, 0.25) is 0 Å². The highest BCUT2D eigenvalue weighted by molar-refractivity contribution is 6.02. The molecule has 0 unspecified atom stereocenters. The van der Waals surface area contributed by atoms with Crippen molar-refractivity contribution in [3.63, 3.8) is 0 Å². The van der Waals surface area contributed by atoms with Crippen LogP contribution in [0, 0.1) is 0 Å². The van der Waals surface area contributed by atoms with Gasteiger partial charge in [0, 0.05) is 20.6 Å². The van der Waals surface area contributed by atoms with Crippen LogP contribution in [0.2, 0.25) is 0 Å². The molecule has 0 aliphatic carbocycles. The molecule has 0 fully saturated rings. The van der Waals surface area contributed by atoms with E-state index in [2.05, 4.69) is 5.32 Å². The van der Waals surface area contributed by atoms with E-state index < -0.39 is 37.8 Å². The summed E-state index contributed by atoms with van der Waals surface area (Å²) in [5, 5.41) is 4.38. The van der Waals surface area contributed by atoms with Crippen molar-refractivity contribution < 1.29 is 31.1 Å². The third kappa shape index (κ3) is 6.59. The number of nitrogens with two attached hydrogens (primary N) is 1. The van der Waals surface area contributed by atoms with Crippen LogP contribution >= 0.6 is 0 Å². The van der Waals surface area contributed by atoms with Gasteiger partial charge in [-0.15, -0.1) is 0 Å². The highest BCUT2D eigenvalue weighted by Crippen LogP contribution is 2.31. The van der Waals surface area contributed by atoms with Crippen molar-refractivity contribution in [1.82, 2.24) is 5.32 Å². The first-order valence-corrected chi connectivity index (χ1v) is 7.08. The first-order valence-electron chi connectivity index (χ1n) is 7.08. The van der Waals surface area contributed by atoms with Crippen molar-refractivity contribution in [3.05, 3.63) is 17.7 Å². The summed E-state index contributed by atoms with van der Waals surface area (Å²) >= 11 is 0. The summed E-state index contributed by atoms with van der Waals surface area (Å²) in [5.74, 6) is -1.08. The summed E-state index contributed by atoms with van der Waals surface area (Å²) in [7, 11) is 2.81. The molecule has 142 valence electrons. The number of anilines is 3. The Labute approximate surface area is 140 Å². The number of halogens is 6. The molecule has 0 atom stereocenters. The molecular weight excluding hydrogens is 354 g/mol. The second-order valence-electron chi connectivity index (χ2n) is 5.29. The molecule has 0 aromatic heterocycles. The molecule has 11 heteroatoms.